The maximum Gasteiger partial charge on any atom is 0.311 e. The van der Waals surface area contributed by atoms with E-state index in [1.165, 1.54) is 11.1 Å². The summed E-state index contributed by atoms with van der Waals surface area (Å²) in [4.78, 5) is 0. The highest BCUT2D eigenvalue weighted by Crippen LogP contribution is 2.19. The van der Waals surface area contributed by atoms with Crippen LogP contribution in [0.25, 0.3) is 0 Å². The lowest BCUT2D eigenvalue weighted by atomic mass is 10.2. The molecule has 24 heavy (non-hydrogen) atoms. The van der Waals surface area contributed by atoms with Crippen LogP contribution < -0.4 is 0 Å². The second kappa shape index (κ2) is 8.40. The molecule has 2 rings (SSSR count). The molecule has 0 aliphatic rings. The molecule has 0 aliphatic heterocycles. The number of rotatable bonds is 8. The number of hydrogen-bond donors (Lipinski definition) is 0. The Balaban J connectivity index is 2.12. The monoisotopic (exact) mass is 374 g/mol. The fourth-order valence-corrected chi connectivity index (χ4v) is 15.2. The summed E-state index contributed by atoms with van der Waals surface area (Å²) in [5, 5.41) is 0. The lowest BCUT2D eigenvalue weighted by molar-refractivity contribution is 0.398. The molecule has 0 unspecified atom stereocenters. The molecule has 0 fully saturated rings. The lowest BCUT2D eigenvalue weighted by Crippen LogP contribution is -2.49. The van der Waals surface area contributed by atoms with E-state index in [1.54, 1.807) is 0 Å². The van der Waals surface area contributed by atoms with Gasteiger partial charge in [0.15, 0.2) is 17.4 Å². The summed E-state index contributed by atoms with van der Waals surface area (Å²) in [6.07, 6.45) is 0. The highest BCUT2D eigenvalue weighted by molar-refractivity contribution is 6.84. The topological polar surface area (TPSA) is 18.5 Å². The average molecular weight is 375 g/mol. The van der Waals surface area contributed by atoms with Crippen molar-refractivity contribution in [1.82, 2.24) is 0 Å². The quantitative estimate of drug-likeness (QED) is 0.615. The lowest BCUT2D eigenvalue weighted by Gasteiger charge is -2.34. The third-order valence-corrected chi connectivity index (χ3v) is 13.5. The Morgan fingerprint density at radius 1 is 0.708 bits per heavy atom. The van der Waals surface area contributed by atoms with Gasteiger partial charge in [-0.1, -0.05) is 60.7 Å². The third kappa shape index (κ3) is 7.27. The highest BCUT2D eigenvalue weighted by Gasteiger charge is 2.34. The predicted molar refractivity (Wildman–Crippen MR) is 110 cm³/mol. The van der Waals surface area contributed by atoms with Crippen molar-refractivity contribution in [2.24, 2.45) is 0 Å². The van der Waals surface area contributed by atoms with E-state index < -0.39 is 25.9 Å². The van der Waals surface area contributed by atoms with Gasteiger partial charge in [0, 0.05) is 0 Å². The molecule has 0 heterocycles. The van der Waals surface area contributed by atoms with Gasteiger partial charge in [-0.2, -0.15) is 0 Å². The first-order valence-corrected chi connectivity index (χ1v) is 17.0. The first-order valence-electron chi connectivity index (χ1n) is 8.69. The number of hydrogen-bond acceptors (Lipinski definition) is 2. The van der Waals surface area contributed by atoms with Crippen LogP contribution in [0, 0.1) is 0 Å². The van der Waals surface area contributed by atoms with E-state index in [1.807, 2.05) is 0 Å². The molecule has 0 aromatic heterocycles. The van der Waals surface area contributed by atoms with Gasteiger partial charge < -0.3 is 8.23 Å². The molecule has 0 radical (unpaired) electrons. The third-order valence-electron chi connectivity index (χ3n) is 3.61. The van der Waals surface area contributed by atoms with Gasteiger partial charge in [0.1, 0.15) is 0 Å². The van der Waals surface area contributed by atoms with Crippen molar-refractivity contribution in [3.63, 3.8) is 0 Å². The molecular formula is C19H30O2Si3. The standard InChI is InChI=1S/C19H30O2Si3/c1-23(2,3)21-24(4,5)20-22(16-18-12-8-6-9-13-18)17-19-14-10-7-11-15-19/h6-15,22H,16-17H2,1-5H3. The van der Waals surface area contributed by atoms with E-state index in [2.05, 4.69) is 93.4 Å². The van der Waals surface area contributed by atoms with Crippen molar-refractivity contribution < 1.29 is 8.23 Å². The summed E-state index contributed by atoms with van der Waals surface area (Å²) in [6.45, 7) is 11.2. The minimum Gasteiger partial charge on any atom is -0.438 e. The molecule has 2 aromatic carbocycles. The van der Waals surface area contributed by atoms with Crippen LogP contribution in [0.2, 0.25) is 32.7 Å². The maximum atomic E-state index is 6.71. The molecule has 0 aliphatic carbocycles. The van der Waals surface area contributed by atoms with Crippen LogP contribution in [0.3, 0.4) is 0 Å². The van der Waals surface area contributed by atoms with Crippen molar-refractivity contribution in [2.45, 2.75) is 44.8 Å². The Hall–Kier alpha value is -0.989. The van der Waals surface area contributed by atoms with Crippen LogP contribution in [0.5, 0.6) is 0 Å². The zero-order valence-corrected chi connectivity index (χ0v) is 18.7. The summed E-state index contributed by atoms with van der Waals surface area (Å²) in [5.74, 6) is 0. The van der Waals surface area contributed by atoms with Crippen molar-refractivity contribution in [3.05, 3.63) is 71.8 Å². The van der Waals surface area contributed by atoms with Crippen molar-refractivity contribution in [2.75, 3.05) is 0 Å². The van der Waals surface area contributed by atoms with E-state index >= 15 is 0 Å². The first-order chi connectivity index (χ1) is 11.2. The highest BCUT2D eigenvalue weighted by atomic mass is 28.5. The van der Waals surface area contributed by atoms with Gasteiger partial charge in [0.05, 0.1) is 0 Å². The van der Waals surface area contributed by atoms with Gasteiger partial charge in [0.25, 0.3) is 0 Å². The first kappa shape index (κ1) is 19.3. The Morgan fingerprint density at radius 2 is 1.12 bits per heavy atom. The van der Waals surface area contributed by atoms with Crippen LogP contribution in [-0.4, -0.2) is 25.9 Å². The van der Waals surface area contributed by atoms with E-state index in [9.17, 15) is 0 Å². The van der Waals surface area contributed by atoms with Crippen LogP contribution in [0.15, 0.2) is 60.7 Å². The molecule has 5 heteroatoms. The van der Waals surface area contributed by atoms with Crippen LogP contribution in [-0.2, 0) is 20.3 Å². The second-order valence-electron chi connectivity index (χ2n) is 7.73. The predicted octanol–water partition coefficient (Wildman–Crippen LogP) is 4.84. The van der Waals surface area contributed by atoms with Crippen LogP contribution >= 0.6 is 0 Å². The van der Waals surface area contributed by atoms with Crippen molar-refractivity contribution in [3.8, 4) is 0 Å². The fraction of sp³-hybridized carbons (Fsp3) is 0.368. The summed E-state index contributed by atoms with van der Waals surface area (Å²) in [6, 6.07) is 23.6. The summed E-state index contributed by atoms with van der Waals surface area (Å²) in [5.41, 5.74) is 2.76. The van der Waals surface area contributed by atoms with E-state index in [-0.39, 0.29) is 0 Å². The van der Waals surface area contributed by atoms with Crippen LogP contribution in [0.1, 0.15) is 11.1 Å². The second-order valence-corrected chi connectivity index (χ2v) is 18.6. The molecule has 0 saturated carbocycles. The Kier molecular flexibility index (Phi) is 6.77. The Bertz CT molecular complexity index is 568. The molecule has 0 N–H and O–H groups in total. The van der Waals surface area contributed by atoms with Gasteiger partial charge in [-0.05, 0) is 56.0 Å². The van der Waals surface area contributed by atoms with Crippen molar-refractivity contribution >= 4 is 25.9 Å². The van der Waals surface area contributed by atoms with E-state index in [4.69, 9.17) is 8.23 Å². The Labute approximate surface area is 151 Å². The minimum absolute atomic E-state index is 1.06. The smallest absolute Gasteiger partial charge is 0.311 e. The molecule has 130 valence electrons. The summed E-state index contributed by atoms with van der Waals surface area (Å²) in [7, 11) is -5.11. The Morgan fingerprint density at radius 3 is 1.50 bits per heavy atom. The molecule has 0 spiro atoms. The van der Waals surface area contributed by atoms with Crippen LogP contribution in [0.4, 0.5) is 0 Å². The molecule has 0 atom stereocenters. The zero-order chi connectivity index (χ0) is 17.6. The summed E-state index contributed by atoms with van der Waals surface area (Å²) < 4.78 is 13.1. The molecule has 0 saturated heterocycles. The van der Waals surface area contributed by atoms with Gasteiger partial charge in [-0.15, -0.1) is 0 Å². The van der Waals surface area contributed by atoms with Crippen molar-refractivity contribution in [1.29, 1.82) is 0 Å². The largest absolute Gasteiger partial charge is 0.438 e. The molecule has 0 amide bonds. The normalized spacial score (nSPS) is 12.6. The van der Waals surface area contributed by atoms with Gasteiger partial charge >= 0.3 is 8.56 Å². The number of benzene rings is 2. The minimum atomic E-state index is -2.09. The zero-order valence-electron chi connectivity index (χ0n) is 15.6. The molecule has 2 nitrogen and oxygen atoms in total. The van der Waals surface area contributed by atoms with Gasteiger partial charge in [-0.25, -0.2) is 0 Å². The summed E-state index contributed by atoms with van der Waals surface area (Å²) >= 11 is 0. The van der Waals surface area contributed by atoms with E-state index in [0.717, 1.165) is 12.1 Å². The van der Waals surface area contributed by atoms with Gasteiger partial charge in [-0.3, -0.25) is 0 Å². The van der Waals surface area contributed by atoms with E-state index in [0.29, 0.717) is 0 Å². The molecule has 0 bridgehead atoms. The molecule has 2 aromatic rings. The van der Waals surface area contributed by atoms with Gasteiger partial charge in [0.2, 0.25) is 0 Å². The maximum absolute atomic E-state index is 6.71. The molecular weight excluding hydrogens is 344 g/mol. The average Bonchev–Trinajstić information content (AvgIpc) is 2.46. The SMILES string of the molecule is C[Si](C)(C)O[Si](C)(C)O[SiH](Cc1ccccc1)Cc1ccccc1. The fourth-order valence-electron chi connectivity index (χ4n) is 3.07.